The summed E-state index contributed by atoms with van der Waals surface area (Å²) in [5.74, 6) is -3.30. The summed E-state index contributed by atoms with van der Waals surface area (Å²) in [5.41, 5.74) is 0.622. The molecule has 0 bridgehead atoms. The maximum Gasteiger partial charge on any atom is 0.317 e. The number of hydrogen-bond acceptors (Lipinski definition) is 6. The van der Waals surface area contributed by atoms with Crippen molar-refractivity contribution in [2.24, 2.45) is 18.9 Å². The van der Waals surface area contributed by atoms with Gasteiger partial charge in [0.2, 0.25) is 5.82 Å². The number of nitrogens with zero attached hydrogens (tertiary/aromatic N) is 4. The van der Waals surface area contributed by atoms with Crippen molar-refractivity contribution in [3.05, 3.63) is 64.6 Å². The van der Waals surface area contributed by atoms with Gasteiger partial charge in [-0.15, -0.1) is 0 Å². The molecule has 2 aliphatic heterocycles. The molecule has 3 aliphatic rings. The van der Waals surface area contributed by atoms with E-state index in [4.69, 9.17) is 16.3 Å². The minimum absolute atomic E-state index is 0.0611. The van der Waals surface area contributed by atoms with Crippen molar-refractivity contribution in [3.63, 3.8) is 0 Å². The number of methoxy groups -OCH3 is 1. The van der Waals surface area contributed by atoms with Gasteiger partial charge in [0.15, 0.2) is 17.4 Å². The third kappa shape index (κ3) is 5.87. The van der Waals surface area contributed by atoms with Crippen molar-refractivity contribution in [1.29, 1.82) is 0 Å². The monoisotopic (exact) mass is 658 g/mol. The maximum absolute atomic E-state index is 14.6. The number of carbonyl (C=O) groups excluding carboxylic acids is 3. The van der Waals surface area contributed by atoms with Gasteiger partial charge < -0.3 is 39.7 Å². The summed E-state index contributed by atoms with van der Waals surface area (Å²) in [4.78, 5) is 44.6. The maximum atomic E-state index is 14.6. The number of quaternary nitrogens is 1. The first-order valence-corrected chi connectivity index (χ1v) is 15.2. The number of aromatic nitrogens is 2. The molecule has 46 heavy (non-hydrogen) atoms. The first-order chi connectivity index (χ1) is 21.8. The molecule has 4 atom stereocenters. The van der Waals surface area contributed by atoms with Crippen LogP contribution in [0.1, 0.15) is 21.0 Å². The van der Waals surface area contributed by atoms with Gasteiger partial charge in [-0.1, -0.05) is 11.6 Å². The summed E-state index contributed by atoms with van der Waals surface area (Å²) in [6.45, 7) is 2.27. The van der Waals surface area contributed by atoms with Crippen LogP contribution in [0, 0.1) is 23.5 Å². The van der Waals surface area contributed by atoms with Crippen LogP contribution >= 0.6 is 11.6 Å². The Balaban J connectivity index is 1.03. The molecular formula is C31H35ClF2N7O5+. The molecule has 3 heterocycles. The number of anilines is 1. The summed E-state index contributed by atoms with van der Waals surface area (Å²) >= 11 is 6.42. The van der Waals surface area contributed by atoms with Gasteiger partial charge in [-0.05, 0) is 30.3 Å². The van der Waals surface area contributed by atoms with E-state index in [0.29, 0.717) is 36.3 Å². The van der Waals surface area contributed by atoms with Crippen molar-refractivity contribution in [2.75, 3.05) is 52.7 Å². The van der Waals surface area contributed by atoms with Gasteiger partial charge in [-0.3, -0.25) is 9.59 Å². The van der Waals surface area contributed by atoms with E-state index in [-0.39, 0.29) is 69.3 Å². The second-order valence-corrected chi connectivity index (χ2v) is 13.2. The number of benzene rings is 2. The van der Waals surface area contributed by atoms with E-state index >= 15 is 0 Å². The lowest BCUT2D eigenvalue weighted by Gasteiger charge is -2.25. The highest BCUT2D eigenvalue weighted by Gasteiger charge is 2.58. The van der Waals surface area contributed by atoms with Crippen molar-refractivity contribution in [3.8, 4) is 17.0 Å². The van der Waals surface area contributed by atoms with E-state index in [1.165, 1.54) is 55.3 Å². The highest BCUT2D eigenvalue weighted by atomic mass is 35.5. The molecule has 4 amide bonds. The number of imidazole rings is 1. The molecule has 244 valence electrons. The number of rotatable bonds is 7. The Morgan fingerprint density at radius 2 is 1.76 bits per heavy atom. The van der Waals surface area contributed by atoms with Crippen LogP contribution in [-0.2, 0) is 7.05 Å². The third-order valence-electron chi connectivity index (χ3n) is 9.13. The molecule has 2 aromatic carbocycles. The topological polar surface area (TPSA) is 138 Å². The number of likely N-dealkylation sites (N-methyl/N-ethyl adjacent to an activating group) is 1. The van der Waals surface area contributed by atoms with Gasteiger partial charge in [0.1, 0.15) is 25.2 Å². The number of ether oxygens (including phenoxy) is 1. The zero-order chi connectivity index (χ0) is 33.1. The zero-order valence-corrected chi connectivity index (χ0v) is 26.4. The predicted molar refractivity (Wildman–Crippen MR) is 164 cm³/mol. The molecule has 2 saturated heterocycles. The number of likely N-dealkylation sites (tertiary alicyclic amines) is 2. The van der Waals surface area contributed by atoms with Gasteiger partial charge >= 0.3 is 6.03 Å². The van der Waals surface area contributed by atoms with Crippen LogP contribution in [0.4, 0.5) is 19.3 Å². The molecule has 0 radical (unpaired) electrons. The fourth-order valence-corrected chi connectivity index (χ4v) is 6.88. The van der Waals surface area contributed by atoms with Crippen molar-refractivity contribution < 1.29 is 37.5 Å². The molecule has 6 rings (SSSR count). The Labute approximate surface area is 268 Å². The third-order valence-corrected chi connectivity index (χ3v) is 9.44. The molecule has 0 spiro atoms. The first-order valence-electron chi connectivity index (χ1n) is 14.8. The van der Waals surface area contributed by atoms with Crippen LogP contribution in [0.2, 0.25) is 5.02 Å². The summed E-state index contributed by atoms with van der Waals surface area (Å²) < 4.78 is 35.7. The van der Waals surface area contributed by atoms with Crippen LogP contribution in [0.25, 0.3) is 11.3 Å². The lowest BCUT2D eigenvalue weighted by atomic mass is 10.1. The zero-order valence-electron chi connectivity index (χ0n) is 25.7. The summed E-state index contributed by atoms with van der Waals surface area (Å²) in [7, 11) is 6.76. The molecule has 3 aromatic rings. The van der Waals surface area contributed by atoms with Gasteiger partial charge in [-0.2, -0.15) is 4.39 Å². The number of carbonyl (C=O) groups is 3. The van der Waals surface area contributed by atoms with E-state index in [9.17, 15) is 28.3 Å². The molecule has 15 heteroatoms. The second-order valence-electron chi connectivity index (χ2n) is 12.8. The lowest BCUT2D eigenvalue weighted by Crippen LogP contribution is -2.50. The number of hydrogen-bond donors (Lipinski definition) is 4. The van der Waals surface area contributed by atoms with Crippen LogP contribution < -0.4 is 20.7 Å². The first kappa shape index (κ1) is 31.7. The largest absolute Gasteiger partial charge is 0.494 e. The van der Waals surface area contributed by atoms with Crippen molar-refractivity contribution in [2.45, 2.75) is 18.2 Å². The van der Waals surface area contributed by atoms with E-state index in [1.807, 2.05) is 14.1 Å². The van der Waals surface area contributed by atoms with Gasteiger partial charge in [-0.25, -0.2) is 14.2 Å². The van der Waals surface area contributed by atoms with Crippen molar-refractivity contribution in [1.82, 2.24) is 25.1 Å². The average Bonchev–Trinajstić information content (AvgIpc) is 3.30. The minimum atomic E-state index is -1.15. The molecule has 1 aliphatic carbocycles. The molecule has 3 fully saturated rings. The number of fused-ring (bicyclic) bond motifs is 1. The summed E-state index contributed by atoms with van der Waals surface area (Å²) in [6.07, 6.45) is 0.678. The van der Waals surface area contributed by atoms with Gasteiger partial charge in [0.25, 0.3) is 11.8 Å². The fraction of sp³-hybridized carbons (Fsp3) is 0.419. The Morgan fingerprint density at radius 1 is 1.04 bits per heavy atom. The van der Waals surface area contributed by atoms with E-state index in [0.717, 1.165) is 0 Å². The summed E-state index contributed by atoms with van der Waals surface area (Å²) in [6, 6.07) is 6.51. The SMILES string of the molecule is COc1ccc(-c2cnc(C(=O)Nc3ccc(C(=O)NC4C5CN(C(=O)N[C@@H]6C[N+](C)(C)C[C@H]6O)CC54)c(Cl)c3)n2C)c(F)c1F. The smallest absolute Gasteiger partial charge is 0.317 e. The van der Waals surface area contributed by atoms with Crippen LogP contribution in [0.15, 0.2) is 36.5 Å². The number of amides is 4. The van der Waals surface area contributed by atoms with Crippen LogP contribution in [-0.4, -0.2) is 107 Å². The average molecular weight is 659 g/mol. The number of urea groups is 1. The number of halogens is 3. The second kappa shape index (κ2) is 11.8. The molecule has 12 nitrogen and oxygen atoms in total. The molecule has 4 N–H and O–H groups in total. The number of aliphatic hydroxyl groups excluding tert-OH is 1. The van der Waals surface area contributed by atoms with E-state index in [2.05, 4.69) is 20.9 Å². The highest BCUT2D eigenvalue weighted by molar-refractivity contribution is 6.34. The Bertz CT molecular complexity index is 1720. The van der Waals surface area contributed by atoms with Crippen molar-refractivity contribution >= 4 is 35.1 Å². The quantitative estimate of drug-likeness (QED) is 0.288. The number of aliphatic hydroxyl groups is 1. The van der Waals surface area contributed by atoms with Gasteiger partial charge in [0.05, 0.1) is 43.7 Å². The van der Waals surface area contributed by atoms with Gasteiger partial charge in [0, 0.05) is 49.3 Å². The van der Waals surface area contributed by atoms with Crippen LogP contribution in [0.5, 0.6) is 5.75 Å². The molecular weight excluding hydrogens is 624 g/mol. The number of nitrogens with one attached hydrogen (secondary N) is 3. The fourth-order valence-electron chi connectivity index (χ4n) is 6.61. The standard InChI is InChI=1S/C31H34ClF2N7O5/c1-39-22(17-7-8-24(46-4)26(34)25(17)33)10-35-28(39)30(44)36-15-5-6-16(20(32)9-15)29(43)38-27-18-11-40(12-19(18)27)31(45)37-21-13-41(2,3)14-23(21)42/h5-10,18-19,21,23,27,42H,11-14H2,1-4H3,(H2-,36,37,38,43,44,45)/p+1/t18?,19?,21-,23-,27?/m1/s1. The van der Waals surface area contributed by atoms with E-state index in [1.54, 1.807) is 4.90 Å². The molecule has 2 unspecified atom stereocenters. The molecule has 1 aromatic heterocycles. The lowest BCUT2D eigenvalue weighted by molar-refractivity contribution is -0.879. The minimum Gasteiger partial charge on any atom is -0.494 e. The Morgan fingerprint density at radius 3 is 2.39 bits per heavy atom. The Hall–Kier alpha value is -4.27. The van der Waals surface area contributed by atoms with Crippen LogP contribution in [0.3, 0.4) is 0 Å². The Kier molecular flexibility index (Phi) is 8.15. The normalized spacial score (nSPS) is 24.3. The summed E-state index contributed by atoms with van der Waals surface area (Å²) in [5, 5.41) is 19.0. The number of piperidine rings is 1. The van der Waals surface area contributed by atoms with E-state index < -0.39 is 23.6 Å². The highest BCUT2D eigenvalue weighted by Crippen LogP contribution is 2.45. The predicted octanol–water partition coefficient (Wildman–Crippen LogP) is 2.47. The molecule has 1 saturated carbocycles.